The van der Waals surface area contributed by atoms with Crippen LogP contribution in [-0.2, 0) is 0 Å². The van der Waals surface area contributed by atoms with Gasteiger partial charge in [0, 0.05) is 12.0 Å². The Labute approximate surface area is 145 Å². The molecule has 0 aliphatic heterocycles. The van der Waals surface area contributed by atoms with Crippen LogP contribution in [0.15, 0.2) is 11.6 Å². The van der Waals surface area contributed by atoms with E-state index in [0.29, 0.717) is 18.3 Å². The third kappa shape index (κ3) is 2.66. The van der Waals surface area contributed by atoms with E-state index in [1.165, 1.54) is 5.57 Å². The molecule has 4 N–H and O–H groups in total. The van der Waals surface area contributed by atoms with Crippen molar-refractivity contribution in [3.8, 4) is 0 Å². The van der Waals surface area contributed by atoms with Crippen molar-refractivity contribution in [1.82, 2.24) is 0 Å². The first-order valence-corrected chi connectivity index (χ1v) is 9.48. The third-order valence-electron chi connectivity index (χ3n) is 7.76. The second-order valence-electron chi connectivity index (χ2n) is 9.49. The molecule has 0 aromatic rings. The van der Waals surface area contributed by atoms with Crippen LogP contribution in [0.5, 0.6) is 0 Å². The predicted molar refractivity (Wildman–Crippen MR) is 93.3 cm³/mol. The van der Waals surface area contributed by atoms with Crippen LogP contribution < -0.4 is 0 Å². The standard InChI is InChI=1S/C20H34O4/c1-18(17(24)11-21)7-6-15-13(8-18)4-5-16-19(2,12-22)9-14(23)10-20(15,16)3/h8,14-17,21-24H,4-7,9-12H2,1-3H3/t14?,15-,16-,17?,18+,19+,20?/m1/s1. The van der Waals surface area contributed by atoms with Crippen molar-refractivity contribution in [3.05, 3.63) is 11.6 Å². The van der Waals surface area contributed by atoms with Gasteiger partial charge in [-0.15, -0.1) is 0 Å². The highest BCUT2D eigenvalue weighted by molar-refractivity contribution is 5.25. The summed E-state index contributed by atoms with van der Waals surface area (Å²) in [5, 5.41) is 40.1. The summed E-state index contributed by atoms with van der Waals surface area (Å²) in [5.74, 6) is 0.837. The van der Waals surface area contributed by atoms with E-state index in [2.05, 4.69) is 19.9 Å². The minimum Gasteiger partial charge on any atom is -0.396 e. The third-order valence-corrected chi connectivity index (χ3v) is 7.76. The van der Waals surface area contributed by atoms with Gasteiger partial charge in [0.05, 0.1) is 18.8 Å². The Morgan fingerprint density at radius 2 is 1.88 bits per heavy atom. The fourth-order valence-electron chi connectivity index (χ4n) is 6.46. The topological polar surface area (TPSA) is 80.9 Å². The molecule has 3 rings (SSSR count). The van der Waals surface area contributed by atoms with E-state index in [9.17, 15) is 20.4 Å². The maximum Gasteiger partial charge on any atom is 0.0858 e. The molecule has 0 spiro atoms. The van der Waals surface area contributed by atoms with Crippen molar-refractivity contribution in [2.24, 2.45) is 28.1 Å². The van der Waals surface area contributed by atoms with Crippen LogP contribution in [-0.4, -0.2) is 45.8 Å². The zero-order valence-electron chi connectivity index (χ0n) is 15.3. The molecule has 0 aromatic heterocycles. The Kier molecular flexibility index (Phi) is 4.66. The van der Waals surface area contributed by atoms with E-state index in [1.807, 2.05) is 6.92 Å². The molecule has 2 saturated carbocycles. The molecule has 0 aromatic carbocycles. The summed E-state index contributed by atoms with van der Waals surface area (Å²) >= 11 is 0. The Hall–Kier alpha value is -0.420. The van der Waals surface area contributed by atoms with Gasteiger partial charge in [-0.2, -0.15) is 0 Å². The molecule has 24 heavy (non-hydrogen) atoms. The van der Waals surface area contributed by atoms with Crippen molar-refractivity contribution in [1.29, 1.82) is 0 Å². The smallest absolute Gasteiger partial charge is 0.0858 e. The highest BCUT2D eigenvalue weighted by Crippen LogP contribution is 2.63. The SMILES string of the molecule is CC12CC(O)C[C@@](C)(CO)[C@H]1CCC1=C[C@@](C)(C(O)CO)CC[C@H]12. The highest BCUT2D eigenvalue weighted by Gasteiger charge is 2.57. The van der Waals surface area contributed by atoms with E-state index >= 15 is 0 Å². The van der Waals surface area contributed by atoms with Gasteiger partial charge in [-0.1, -0.05) is 32.4 Å². The lowest BCUT2D eigenvalue weighted by Gasteiger charge is -2.61. The molecule has 4 nitrogen and oxygen atoms in total. The molecule has 7 atom stereocenters. The average molecular weight is 338 g/mol. The summed E-state index contributed by atoms with van der Waals surface area (Å²) in [6.45, 7) is 6.41. The molecule has 3 aliphatic carbocycles. The van der Waals surface area contributed by atoms with Crippen LogP contribution in [0.1, 0.15) is 59.3 Å². The number of hydrogen-bond acceptors (Lipinski definition) is 4. The molecular formula is C20H34O4. The van der Waals surface area contributed by atoms with Crippen LogP contribution in [0.3, 0.4) is 0 Å². The van der Waals surface area contributed by atoms with E-state index in [1.54, 1.807) is 0 Å². The molecule has 138 valence electrons. The van der Waals surface area contributed by atoms with Gasteiger partial charge in [-0.05, 0) is 61.2 Å². The molecular weight excluding hydrogens is 304 g/mol. The fraction of sp³-hybridized carbons (Fsp3) is 0.900. The van der Waals surface area contributed by atoms with Crippen LogP contribution >= 0.6 is 0 Å². The van der Waals surface area contributed by atoms with Gasteiger partial charge in [-0.3, -0.25) is 0 Å². The molecule has 0 amide bonds. The summed E-state index contributed by atoms with van der Waals surface area (Å²) in [6.07, 6.45) is 6.54. The van der Waals surface area contributed by atoms with Gasteiger partial charge in [0.25, 0.3) is 0 Å². The van der Waals surface area contributed by atoms with E-state index in [-0.39, 0.29) is 35.6 Å². The first-order valence-electron chi connectivity index (χ1n) is 9.48. The molecule has 4 heteroatoms. The van der Waals surface area contributed by atoms with Crippen LogP contribution in [0, 0.1) is 28.1 Å². The number of rotatable bonds is 3. The normalized spacial score (nSPS) is 49.8. The molecule has 0 saturated heterocycles. The minimum absolute atomic E-state index is 0.00469. The number of allylic oxidation sites excluding steroid dienone is 1. The first-order chi connectivity index (χ1) is 11.2. The fourth-order valence-corrected chi connectivity index (χ4v) is 6.46. The Balaban J connectivity index is 1.95. The molecule has 0 bridgehead atoms. The monoisotopic (exact) mass is 338 g/mol. The lowest BCUT2D eigenvalue weighted by Crippen LogP contribution is -2.56. The molecule has 3 unspecified atom stereocenters. The van der Waals surface area contributed by atoms with Gasteiger partial charge in [0.15, 0.2) is 0 Å². The summed E-state index contributed by atoms with van der Waals surface area (Å²) in [5.41, 5.74) is 0.843. The second-order valence-corrected chi connectivity index (χ2v) is 9.49. The number of aliphatic hydroxyl groups is 4. The summed E-state index contributed by atoms with van der Waals surface area (Å²) in [7, 11) is 0. The van der Waals surface area contributed by atoms with Gasteiger partial charge < -0.3 is 20.4 Å². The number of hydrogen-bond donors (Lipinski definition) is 4. The Morgan fingerprint density at radius 3 is 2.50 bits per heavy atom. The maximum atomic E-state index is 10.5. The first kappa shape index (κ1) is 18.4. The number of fused-ring (bicyclic) bond motifs is 3. The summed E-state index contributed by atoms with van der Waals surface area (Å²) in [4.78, 5) is 0. The molecule has 3 aliphatic rings. The summed E-state index contributed by atoms with van der Waals surface area (Å²) < 4.78 is 0. The van der Waals surface area contributed by atoms with E-state index in [4.69, 9.17) is 0 Å². The second kappa shape index (κ2) is 6.08. The van der Waals surface area contributed by atoms with Crippen LogP contribution in [0.25, 0.3) is 0 Å². The largest absolute Gasteiger partial charge is 0.396 e. The van der Waals surface area contributed by atoms with Crippen molar-refractivity contribution in [2.45, 2.75) is 71.5 Å². The van der Waals surface area contributed by atoms with Crippen molar-refractivity contribution < 1.29 is 20.4 Å². The Morgan fingerprint density at radius 1 is 1.17 bits per heavy atom. The number of aliphatic hydroxyl groups excluding tert-OH is 4. The highest BCUT2D eigenvalue weighted by atomic mass is 16.3. The minimum atomic E-state index is -0.712. The maximum absolute atomic E-state index is 10.5. The van der Waals surface area contributed by atoms with Crippen molar-refractivity contribution in [3.63, 3.8) is 0 Å². The molecule has 0 radical (unpaired) electrons. The van der Waals surface area contributed by atoms with E-state index in [0.717, 1.165) is 32.1 Å². The van der Waals surface area contributed by atoms with Gasteiger partial charge in [0.2, 0.25) is 0 Å². The molecule has 0 heterocycles. The summed E-state index contributed by atoms with van der Waals surface area (Å²) in [6, 6.07) is 0. The van der Waals surface area contributed by atoms with E-state index < -0.39 is 6.10 Å². The Bertz CT molecular complexity index is 518. The van der Waals surface area contributed by atoms with Crippen molar-refractivity contribution >= 4 is 0 Å². The van der Waals surface area contributed by atoms with Gasteiger partial charge >= 0.3 is 0 Å². The average Bonchev–Trinajstić information content (AvgIpc) is 2.52. The van der Waals surface area contributed by atoms with Crippen LogP contribution in [0.2, 0.25) is 0 Å². The predicted octanol–water partition coefficient (Wildman–Crippen LogP) is 2.25. The van der Waals surface area contributed by atoms with Gasteiger partial charge in [0.1, 0.15) is 0 Å². The van der Waals surface area contributed by atoms with Crippen LogP contribution in [0.4, 0.5) is 0 Å². The lowest BCUT2D eigenvalue weighted by molar-refractivity contribution is -0.134. The quantitative estimate of drug-likeness (QED) is 0.595. The zero-order chi connectivity index (χ0) is 17.8. The van der Waals surface area contributed by atoms with Crippen molar-refractivity contribution in [2.75, 3.05) is 13.2 Å². The molecule has 2 fully saturated rings. The van der Waals surface area contributed by atoms with Gasteiger partial charge in [-0.25, -0.2) is 0 Å². The zero-order valence-corrected chi connectivity index (χ0v) is 15.3. The lowest BCUT2D eigenvalue weighted by atomic mass is 9.44.